The summed E-state index contributed by atoms with van der Waals surface area (Å²) in [4.78, 5) is 3.96. The minimum Gasteiger partial charge on any atom is -0.394 e. The molecular formula is C14H15Cl2N3O2. The SMILES string of the molecule is OC[C@@H]1CC[C@](Cn2cncn2)(c2ccc(Cl)cc2Cl)O1. The Morgan fingerprint density at radius 2 is 2.29 bits per heavy atom. The van der Waals surface area contributed by atoms with E-state index in [0.29, 0.717) is 16.6 Å². The molecule has 1 aromatic heterocycles. The van der Waals surface area contributed by atoms with Gasteiger partial charge in [-0.2, -0.15) is 5.10 Å². The van der Waals surface area contributed by atoms with Crippen LogP contribution in [0.15, 0.2) is 30.9 Å². The first-order chi connectivity index (χ1) is 10.1. The zero-order valence-electron chi connectivity index (χ0n) is 11.2. The summed E-state index contributed by atoms with van der Waals surface area (Å²) in [5, 5.41) is 14.6. The number of aromatic nitrogens is 3. The van der Waals surface area contributed by atoms with Crippen LogP contribution >= 0.6 is 23.2 Å². The maximum Gasteiger partial charge on any atom is 0.137 e. The fourth-order valence-electron chi connectivity index (χ4n) is 2.79. The Hall–Kier alpha value is -1.14. The second kappa shape index (κ2) is 5.93. The molecule has 0 radical (unpaired) electrons. The quantitative estimate of drug-likeness (QED) is 0.937. The lowest BCUT2D eigenvalue weighted by Gasteiger charge is -2.30. The Morgan fingerprint density at radius 1 is 1.43 bits per heavy atom. The van der Waals surface area contributed by atoms with Gasteiger partial charge in [0.2, 0.25) is 0 Å². The van der Waals surface area contributed by atoms with Gasteiger partial charge in [0, 0.05) is 15.6 Å². The standard InChI is InChI=1S/C14H15Cl2N3O2/c15-10-1-2-12(13(16)5-10)14(4-3-11(6-20)21-14)7-19-9-17-8-18-19/h1-2,5,8-9,11,20H,3-4,6-7H2/t11-,14-/m0/s1. The molecule has 1 saturated heterocycles. The fourth-order valence-corrected chi connectivity index (χ4v) is 3.37. The first-order valence-corrected chi connectivity index (χ1v) is 7.45. The van der Waals surface area contributed by atoms with Gasteiger partial charge in [0.1, 0.15) is 18.3 Å². The van der Waals surface area contributed by atoms with Gasteiger partial charge in [0.15, 0.2) is 0 Å². The van der Waals surface area contributed by atoms with Crippen molar-refractivity contribution in [1.29, 1.82) is 0 Å². The third kappa shape index (κ3) is 2.92. The van der Waals surface area contributed by atoms with Crippen LogP contribution < -0.4 is 0 Å². The van der Waals surface area contributed by atoms with Crippen LogP contribution in [0, 0.1) is 0 Å². The van der Waals surface area contributed by atoms with Crippen molar-refractivity contribution < 1.29 is 9.84 Å². The van der Waals surface area contributed by atoms with Crippen LogP contribution in [0.4, 0.5) is 0 Å². The molecule has 0 amide bonds. The number of hydrogen-bond donors (Lipinski definition) is 1. The number of halogens is 2. The van der Waals surface area contributed by atoms with Crippen LogP contribution in [-0.4, -0.2) is 32.6 Å². The van der Waals surface area contributed by atoms with Gasteiger partial charge < -0.3 is 9.84 Å². The highest BCUT2D eigenvalue weighted by Crippen LogP contribution is 2.43. The third-order valence-corrected chi connectivity index (χ3v) is 4.32. The lowest BCUT2D eigenvalue weighted by molar-refractivity contribution is -0.0747. The van der Waals surface area contributed by atoms with Crippen LogP contribution in [0.2, 0.25) is 10.0 Å². The molecule has 1 aliphatic heterocycles. The Bertz CT molecular complexity index is 621. The molecule has 1 fully saturated rings. The first kappa shape index (κ1) is 14.8. The van der Waals surface area contributed by atoms with Crippen molar-refractivity contribution in [3.8, 4) is 0 Å². The number of aliphatic hydroxyl groups excluding tert-OH is 1. The van der Waals surface area contributed by atoms with Gasteiger partial charge in [-0.3, -0.25) is 0 Å². The Labute approximate surface area is 132 Å². The van der Waals surface area contributed by atoms with E-state index < -0.39 is 5.60 Å². The average Bonchev–Trinajstić information content (AvgIpc) is 3.09. The number of aliphatic hydroxyl groups is 1. The second-order valence-corrected chi connectivity index (χ2v) is 6.02. The summed E-state index contributed by atoms with van der Waals surface area (Å²) in [6, 6.07) is 5.38. The van der Waals surface area contributed by atoms with Crippen molar-refractivity contribution in [1.82, 2.24) is 14.8 Å². The van der Waals surface area contributed by atoms with Gasteiger partial charge in [0.25, 0.3) is 0 Å². The molecule has 1 aromatic carbocycles. The molecule has 2 atom stereocenters. The van der Waals surface area contributed by atoms with Crippen LogP contribution in [0.5, 0.6) is 0 Å². The van der Waals surface area contributed by atoms with Gasteiger partial charge in [-0.25, -0.2) is 9.67 Å². The number of hydrogen-bond acceptors (Lipinski definition) is 4. The van der Waals surface area contributed by atoms with Crippen molar-refractivity contribution in [2.24, 2.45) is 0 Å². The number of nitrogens with zero attached hydrogens (tertiary/aromatic N) is 3. The molecule has 0 saturated carbocycles. The van der Waals surface area contributed by atoms with Crippen LogP contribution in [0.3, 0.4) is 0 Å². The lowest BCUT2D eigenvalue weighted by Crippen LogP contribution is -2.33. The largest absolute Gasteiger partial charge is 0.394 e. The average molecular weight is 328 g/mol. The van der Waals surface area contributed by atoms with E-state index in [9.17, 15) is 5.11 Å². The minimum atomic E-state index is -0.622. The molecule has 1 aliphatic rings. The predicted octanol–water partition coefficient (Wildman–Crippen LogP) is 2.65. The van der Waals surface area contributed by atoms with Crippen LogP contribution in [-0.2, 0) is 16.9 Å². The van der Waals surface area contributed by atoms with Gasteiger partial charge in [0.05, 0.1) is 19.3 Å². The van der Waals surface area contributed by atoms with Gasteiger partial charge in [-0.1, -0.05) is 29.3 Å². The number of rotatable bonds is 4. The van der Waals surface area contributed by atoms with Gasteiger partial charge in [-0.05, 0) is 25.0 Å². The smallest absolute Gasteiger partial charge is 0.137 e. The zero-order chi connectivity index (χ0) is 14.9. The van der Waals surface area contributed by atoms with E-state index >= 15 is 0 Å². The van der Waals surface area contributed by atoms with Crippen molar-refractivity contribution >= 4 is 23.2 Å². The molecule has 0 bridgehead atoms. The molecule has 1 N–H and O–H groups in total. The summed E-state index contributed by atoms with van der Waals surface area (Å²) >= 11 is 12.3. The highest BCUT2D eigenvalue weighted by Gasteiger charge is 2.43. The molecular weight excluding hydrogens is 313 g/mol. The fraction of sp³-hybridized carbons (Fsp3) is 0.429. The summed E-state index contributed by atoms with van der Waals surface area (Å²) in [6.45, 7) is 0.481. The Balaban J connectivity index is 1.99. The molecule has 0 unspecified atom stereocenters. The summed E-state index contributed by atoms with van der Waals surface area (Å²) in [6.07, 6.45) is 4.45. The Kier molecular flexibility index (Phi) is 4.17. The molecule has 21 heavy (non-hydrogen) atoms. The van der Waals surface area contributed by atoms with Crippen molar-refractivity contribution in [3.63, 3.8) is 0 Å². The minimum absolute atomic E-state index is 0.00961. The topological polar surface area (TPSA) is 60.2 Å². The van der Waals surface area contributed by atoms with Crippen LogP contribution in [0.1, 0.15) is 18.4 Å². The molecule has 2 heterocycles. The summed E-state index contributed by atoms with van der Waals surface area (Å²) < 4.78 is 7.83. The van der Waals surface area contributed by atoms with E-state index in [0.717, 1.165) is 18.4 Å². The van der Waals surface area contributed by atoms with Gasteiger partial charge >= 0.3 is 0 Å². The molecule has 0 aliphatic carbocycles. The van der Waals surface area contributed by atoms with Crippen molar-refractivity contribution in [3.05, 3.63) is 46.5 Å². The predicted molar refractivity (Wildman–Crippen MR) is 79.4 cm³/mol. The number of ether oxygens (including phenoxy) is 1. The van der Waals surface area contributed by atoms with Gasteiger partial charge in [-0.15, -0.1) is 0 Å². The van der Waals surface area contributed by atoms with E-state index in [1.54, 1.807) is 23.1 Å². The van der Waals surface area contributed by atoms with Crippen molar-refractivity contribution in [2.75, 3.05) is 6.61 Å². The normalized spacial score (nSPS) is 25.4. The maximum atomic E-state index is 9.37. The second-order valence-electron chi connectivity index (χ2n) is 5.17. The van der Waals surface area contributed by atoms with E-state index in [1.165, 1.54) is 6.33 Å². The molecule has 7 heteroatoms. The molecule has 5 nitrogen and oxygen atoms in total. The monoisotopic (exact) mass is 327 g/mol. The van der Waals surface area contributed by atoms with Crippen LogP contribution in [0.25, 0.3) is 0 Å². The lowest BCUT2D eigenvalue weighted by atomic mass is 9.90. The first-order valence-electron chi connectivity index (χ1n) is 6.69. The highest BCUT2D eigenvalue weighted by atomic mass is 35.5. The summed E-state index contributed by atoms with van der Waals surface area (Å²) in [5.41, 5.74) is 0.239. The summed E-state index contributed by atoms with van der Waals surface area (Å²) in [7, 11) is 0. The molecule has 0 spiro atoms. The number of benzene rings is 1. The molecule has 112 valence electrons. The zero-order valence-corrected chi connectivity index (χ0v) is 12.8. The van der Waals surface area contributed by atoms with Crippen molar-refractivity contribution in [2.45, 2.75) is 31.1 Å². The van der Waals surface area contributed by atoms with E-state index in [-0.39, 0.29) is 12.7 Å². The maximum absolute atomic E-state index is 9.37. The molecule has 2 aromatic rings. The van der Waals surface area contributed by atoms with E-state index in [2.05, 4.69) is 10.1 Å². The van der Waals surface area contributed by atoms with E-state index in [4.69, 9.17) is 27.9 Å². The summed E-state index contributed by atoms with van der Waals surface area (Å²) in [5.74, 6) is 0. The highest BCUT2D eigenvalue weighted by molar-refractivity contribution is 6.35. The Morgan fingerprint density at radius 3 is 2.90 bits per heavy atom. The third-order valence-electron chi connectivity index (χ3n) is 3.77. The molecule has 3 rings (SSSR count). The van der Waals surface area contributed by atoms with E-state index in [1.807, 2.05) is 6.07 Å².